The molecule has 2 rings (SSSR count). The zero-order valence-electron chi connectivity index (χ0n) is 7.07. The maximum absolute atomic E-state index is 10.7. The molecular formula is C9H8N2OS. The van der Waals surface area contributed by atoms with Crippen molar-refractivity contribution in [3.8, 4) is 11.3 Å². The van der Waals surface area contributed by atoms with Crippen LogP contribution in [0.25, 0.3) is 11.3 Å². The SMILES string of the molecule is Cc1[nH]nc(-c2ccsc2)c1C=O. The summed E-state index contributed by atoms with van der Waals surface area (Å²) in [5, 5.41) is 10.8. The molecule has 0 unspecified atom stereocenters. The summed E-state index contributed by atoms with van der Waals surface area (Å²) in [5.74, 6) is 0. The number of aromatic amines is 1. The molecule has 0 aliphatic rings. The van der Waals surface area contributed by atoms with Gasteiger partial charge in [-0.3, -0.25) is 9.89 Å². The van der Waals surface area contributed by atoms with E-state index >= 15 is 0 Å². The summed E-state index contributed by atoms with van der Waals surface area (Å²) in [5.41, 5.74) is 3.21. The smallest absolute Gasteiger partial charge is 0.154 e. The Labute approximate surface area is 79.4 Å². The number of carbonyl (C=O) groups is 1. The van der Waals surface area contributed by atoms with Crippen molar-refractivity contribution in [2.75, 3.05) is 0 Å². The second kappa shape index (κ2) is 3.14. The molecule has 0 spiro atoms. The van der Waals surface area contributed by atoms with Crippen molar-refractivity contribution in [2.24, 2.45) is 0 Å². The fourth-order valence-corrected chi connectivity index (χ4v) is 1.84. The van der Waals surface area contributed by atoms with Crippen LogP contribution in [0.2, 0.25) is 0 Å². The number of nitrogens with one attached hydrogen (secondary N) is 1. The summed E-state index contributed by atoms with van der Waals surface area (Å²) in [6.45, 7) is 1.84. The average molecular weight is 192 g/mol. The highest BCUT2D eigenvalue weighted by Gasteiger charge is 2.10. The molecular weight excluding hydrogens is 184 g/mol. The van der Waals surface area contributed by atoms with E-state index < -0.39 is 0 Å². The van der Waals surface area contributed by atoms with Gasteiger partial charge in [-0.1, -0.05) is 0 Å². The Balaban J connectivity index is 2.58. The molecule has 0 fully saturated rings. The highest BCUT2D eigenvalue weighted by atomic mass is 32.1. The third kappa shape index (κ3) is 1.29. The van der Waals surface area contributed by atoms with E-state index in [9.17, 15) is 4.79 Å². The molecule has 0 aliphatic heterocycles. The molecule has 0 saturated carbocycles. The van der Waals surface area contributed by atoms with Crippen LogP contribution in [-0.2, 0) is 0 Å². The van der Waals surface area contributed by atoms with Crippen LogP contribution < -0.4 is 0 Å². The van der Waals surface area contributed by atoms with Gasteiger partial charge in [0, 0.05) is 16.6 Å². The second-order valence-electron chi connectivity index (χ2n) is 2.74. The molecule has 2 aromatic rings. The van der Waals surface area contributed by atoms with Gasteiger partial charge >= 0.3 is 0 Å². The summed E-state index contributed by atoms with van der Waals surface area (Å²) >= 11 is 1.59. The Morgan fingerprint density at radius 2 is 2.46 bits per heavy atom. The molecule has 2 aromatic heterocycles. The van der Waals surface area contributed by atoms with Crippen molar-refractivity contribution in [1.82, 2.24) is 10.2 Å². The largest absolute Gasteiger partial charge is 0.298 e. The highest BCUT2D eigenvalue weighted by Crippen LogP contribution is 2.23. The molecule has 3 nitrogen and oxygen atoms in total. The van der Waals surface area contributed by atoms with Gasteiger partial charge in [-0.25, -0.2) is 0 Å². The van der Waals surface area contributed by atoms with Crippen LogP contribution in [0.3, 0.4) is 0 Å². The predicted molar refractivity (Wildman–Crippen MR) is 52.0 cm³/mol. The number of carbonyl (C=O) groups excluding carboxylic acids is 1. The molecule has 0 aliphatic carbocycles. The predicted octanol–water partition coefficient (Wildman–Crippen LogP) is 2.26. The van der Waals surface area contributed by atoms with Crippen LogP contribution >= 0.6 is 11.3 Å². The number of rotatable bonds is 2. The molecule has 13 heavy (non-hydrogen) atoms. The third-order valence-electron chi connectivity index (χ3n) is 1.91. The van der Waals surface area contributed by atoms with E-state index in [0.29, 0.717) is 5.56 Å². The van der Waals surface area contributed by atoms with Crippen LogP contribution in [0.4, 0.5) is 0 Å². The number of thiophene rings is 1. The Morgan fingerprint density at radius 3 is 3.08 bits per heavy atom. The van der Waals surface area contributed by atoms with Gasteiger partial charge in [0.25, 0.3) is 0 Å². The van der Waals surface area contributed by atoms with Crippen molar-refractivity contribution in [3.05, 3.63) is 28.1 Å². The zero-order valence-corrected chi connectivity index (χ0v) is 7.89. The van der Waals surface area contributed by atoms with E-state index in [1.165, 1.54) is 0 Å². The molecule has 0 aromatic carbocycles. The quantitative estimate of drug-likeness (QED) is 0.742. The van der Waals surface area contributed by atoms with Crippen LogP contribution in [0.15, 0.2) is 16.8 Å². The topological polar surface area (TPSA) is 45.8 Å². The van der Waals surface area contributed by atoms with Crippen LogP contribution in [-0.4, -0.2) is 16.5 Å². The van der Waals surface area contributed by atoms with E-state index in [1.54, 1.807) is 11.3 Å². The number of hydrogen-bond acceptors (Lipinski definition) is 3. The van der Waals surface area contributed by atoms with E-state index in [-0.39, 0.29) is 0 Å². The lowest BCUT2D eigenvalue weighted by Crippen LogP contribution is -1.83. The van der Waals surface area contributed by atoms with Gasteiger partial charge in [-0.15, -0.1) is 0 Å². The minimum Gasteiger partial charge on any atom is -0.298 e. The average Bonchev–Trinajstić information content (AvgIpc) is 2.71. The number of aryl methyl sites for hydroxylation is 1. The molecule has 0 saturated heterocycles. The number of H-pyrrole nitrogens is 1. The molecule has 0 bridgehead atoms. The van der Waals surface area contributed by atoms with Gasteiger partial charge in [0.2, 0.25) is 0 Å². The minimum absolute atomic E-state index is 0.651. The van der Waals surface area contributed by atoms with Crippen molar-refractivity contribution < 1.29 is 4.79 Å². The lowest BCUT2D eigenvalue weighted by molar-refractivity contribution is 0.112. The third-order valence-corrected chi connectivity index (χ3v) is 2.59. The molecule has 0 atom stereocenters. The lowest BCUT2D eigenvalue weighted by Gasteiger charge is -1.91. The van der Waals surface area contributed by atoms with Gasteiger partial charge < -0.3 is 0 Å². The maximum Gasteiger partial charge on any atom is 0.154 e. The van der Waals surface area contributed by atoms with E-state index in [2.05, 4.69) is 10.2 Å². The second-order valence-corrected chi connectivity index (χ2v) is 3.52. The number of hydrogen-bond donors (Lipinski definition) is 1. The zero-order chi connectivity index (χ0) is 9.26. The summed E-state index contributed by atoms with van der Waals surface area (Å²) in [6, 6.07) is 1.95. The first-order valence-corrected chi connectivity index (χ1v) is 4.80. The Bertz CT molecular complexity index is 417. The van der Waals surface area contributed by atoms with Gasteiger partial charge in [0.1, 0.15) is 5.69 Å². The van der Waals surface area contributed by atoms with Gasteiger partial charge in [0.15, 0.2) is 6.29 Å². The van der Waals surface area contributed by atoms with E-state index in [1.807, 2.05) is 23.8 Å². The molecule has 0 amide bonds. The monoisotopic (exact) mass is 192 g/mol. The fraction of sp³-hybridized carbons (Fsp3) is 0.111. The summed E-state index contributed by atoms with van der Waals surface area (Å²) in [4.78, 5) is 10.7. The van der Waals surface area contributed by atoms with E-state index in [0.717, 1.165) is 23.2 Å². The van der Waals surface area contributed by atoms with Crippen molar-refractivity contribution >= 4 is 17.6 Å². The number of nitrogens with zero attached hydrogens (tertiary/aromatic N) is 1. The fourth-order valence-electron chi connectivity index (χ4n) is 1.20. The first-order valence-electron chi connectivity index (χ1n) is 3.85. The summed E-state index contributed by atoms with van der Waals surface area (Å²) in [7, 11) is 0. The first-order chi connectivity index (χ1) is 6.33. The standard InChI is InChI=1S/C9H8N2OS/c1-6-8(4-12)9(11-10-6)7-2-3-13-5-7/h2-5H,1H3,(H,10,11). The van der Waals surface area contributed by atoms with Gasteiger partial charge in [-0.2, -0.15) is 16.4 Å². The van der Waals surface area contributed by atoms with Crippen LogP contribution in [0.5, 0.6) is 0 Å². The minimum atomic E-state index is 0.651. The molecule has 1 N–H and O–H groups in total. The van der Waals surface area contributed by atoms with Crippen LogP contribution in [0.1, 0.15) is 16.1 Å². The maximum atomic E-state index is 10.7. The number of aldehydes is 1. The van der Waals surface area contributed by atoms with E-state index in [4.69, 9.17) is 0 Å². The molecule has 66 valence electrons. The van der Waals surface area contributed by atoms with Crippen molar-refractivity contribution in [3.63, 3.8) is 0 Å². The highest BCUT2D eigenvalue weighted by molar-refractivity contribution is 7.08. The Kier molecular flexibility index (Phi) is 1.98. The lowest BCUT2D eigenvalue weighted by atomic mass is 10.1. The first kappa shape index (κ1) is 8.19. The Hall–Kier alpha value is -1.42. The van der Waals surface area contributed by atoms with Crippen LogP contribution in [0, 0.1) is 6.92 Å². The Morgan fingerprint density at radius 1 is 1.62 bits per heavy atom. The van der Waals surface area contributed by atoms with Crippen molar-refractivity contribution in [2.45, 2.75) is 6.92 Å². The van der Waals surface area contributed by atoms with Gasteiger partial charge in [0.05, 0.1) is 5.56 Å². The summed E-state index contributed by atoms with van der Waals surface area (Å²) < 4.78 is 0. The number of aromatic nitrogens is 2. The van der Waals surface area contributed by atoms with Crippen molar-refractivity contribution in [1.29, 1.82) is 0 Å². The summed E-state index contributed by atoms with van der Waals surface area (Å²) in [6.07, 6.45) is 0.839. The molecule has 2 heterocycles. The normalized spacial score (nSPS) is 10.2. The molecule has 4 heteroatoms. The van der Waals surface area contributed by atoms with Gasteiger partial charge in [-0.05, 0) is 18.4 Å². The molecule has 0 radical (unpaired) electrons.